The molecule has 32 nitrogen and oxygen atoms in total. The Balaban J connectivity index is 0.000000161. The molecule has 0 unspecified atom stereocenters. The molecule has 0 saturated carbocycles. The number of ether oxygens (including phenoxy) is 6. The van der Waals surface area contributed by atoms with Crippen molar-refractivity contribution >= 4 is 127 Å². The third kappa shape index (κ3) is 17.8. The maximum absolute atomic E-state index is 12.2. The van der Waals surface area contributed by atoms with Crippen LogP contribution in [0.25, 0.3) is 11.4 Å². The normalized spacial score (nSPS) is 16.6. The molecule has 7 N–H and O–H groups in total. The monoisotopic (exact) mass is 1350 g/mol. The number of cyclic esters (lactones) is 4. The van der Waals surface area contributed by atoms with Gasteiger partial charge in [-0.1, -0.05) is 11.6 Å². The lowest BCUT2D eigenvalue weighted by Crippen LogP contribution is -2.44. The van der Waals surface area contributed by atoms with Crippen LogP contribution in [0.15, 0.2) is 49.5 Å². The van der Waals surface area contributed by atoms with Gasteiger partial charge < -0.3 is 63.9 Å². The molecule has 11 heterocycles. The number of aromatic carboxylic acids is 1. The molecular weight excluding hydrogens is 1300 g/mol. The highest BCUT2D eigenvalue weighted by molar-refractivity contribution is 8.24. The molecule has 2 amide bonds. The van der Waals surface area contributed by atoms with Crippen molar-refractivity contribution < 1.29 is 66.9 Å². The number of carboxylic acid groups (broad SMARTS) is 1. The number of aromatic nitrogens is 10. The van der Waals surface area contributed by atoms with Crippen molar-refractivity contribution in [3.8, 4) is 11.4 Å². The van der Waals surface area contributed by atoms with Gasteiger partial charge in [-0.15, -0.1) is 0 Å². The number of anilines is 3. The number of carbonyl (C=O) groups is 6. The molecule has 6 aliphatic heterocycles. The van der Waals surface area contributed by atoms with E-state index in [-0.39, 0.29) is 82.9 Å². The van der Waals surface area contributed by atoms with E-state index in [1.54, 1.807) is 12.1 Å². The van der Waals surface area contributed by atoms with Crippen LogP contribution in [-0.2, 0) is 59.4 Å². The van der Waals surface area contributed by atoms with Crippen molar-refractivity contribution in [1.82, 2.24) is 55.2 Å². The van der Waals surface area contributed by atoms with Crippen molar-refractivity contribution in [3.63, 3.8) is 0 Å². The molecule has 2 fully saturated rings. The van der Waals surface area contributed by atoms with Gasteiger partial charge in [0.15, 0.2) is 22.9 Å². The molecule has 0 radical (unpaired) electrons. The van der Waals surface area contributed by atoms with E-state index in [4.69, 9.17) is 63.8 Å². The number of hydrogen-bond acceptors (Lipinski definition) is 25. The summed E-state index contributed by atoms with van der Waals surface area (Å²) in [5.74, 6) is -1.52. The van der Waals surface area contributed by atoms with E-state index in [1.807, 2.05) is 40.9 Å². The number of esters is 4. The lowest BCUT2D eigenvalue weighted by molar-refractivity contribution is 0.0521. The molecule has 12 rings (SSSR count). The van der Waals surface area contributed by atoms with Crippen LogP contribution in [-0.4, -0.2) is 149 Å². The highest BCUT2D eigenvalue weighted by Gasteiger charge is 2.35. The molecule has 0 spiro atoms. The minimum Gasteiger partial charge on any atom is -0.477 e. The zero-order valence-corrected chi connectivity index (χ0v) is 50.4. The summed E-state index contributed by atoms with van der Waals surface area (Å²) >= 11 is 30.9. The van der Waals surface area contributed by atoms with Crippen LogP contribution in [0.4, 0.5) is 22.1 Å². The molecule has 0 aliphatic carbocycles. The van der Waals surface area contributed by atoms with Crippen molar-refractivity contribution in [3.05, 3.63) is 138 Å². The molecule has 6 aliphatic rings. The van der Waals surface area contributed by atoms with Crippen molar-refractivity contribution in [1.29, 1.82) is 0 Å². The van der Waals surface area contributed by atoms with E-state index >= 15 is 0 Å². The van der Waals surface area contributed by atoms with Gasteiger partial charge >= 0.3 is 52.5 Å². The standard InChI is InChI=1S/C20H23N5O4.C11H12ClN3O3.C6H2Cl2N2O2.C6H4N2O4.C5H4N2O4.Cl3OP/c1-3-21-20(27)22-14-6-4-13(5-7-14)17-23-16-15(11-29-19(16)26)18(24-17)25-8-9-28-10-12(25)2;1-6-4-17-3-2-15(6)9-7-5-18-10(16)8(7)13-11(12)14-9;7-4-2-1-12-5(11)3(2)9-6(8)10-4;9-4-2-1-12-5(10)3(2)7-6(11)8-4;8-3-1-2(4(9)10)6-5(11)7-3;1-5(2,3)4/h4-7,12H,3,8-11H2,1-2H3,(H2,21,22,27);6H,2-5H2,1H3;1H2;1H2,(H2,7,8,9,11);1H,(H,9,10)(H2,6,7,8,11);/t12-;6-;;;;/m00..../s1. The maximum Gasteiger partial charge on any atom is 0.357 e. The third-order valence-corrected chi connectivity index (χ3v) is 12.7. The van der Waals surface area contributed by atoms with Crippen molar-refractivity contribution in [2.24, 2.45) is 0 Å². The average molecular weight is 1350 g/mol. The summed E-state index contributed by atoms with van der Waals surface area (Å²) < 4.78 is 39.8. The van der Waals surface area contributed by atoms with Crippen LogP contribution in [0.3, 0.4) is 0 Å². The van der Waals surface area contributed by atoms with Crippen LogP contribution in [0.5, 0.6) is 0 Å². The second-order valence-corrected chi connectivity index (χ2v) is 25.7. The van der Waals surface area contributed by atoms with Gasteiger partial charge in [0.2, 0.25) is 10.6 Å². The smallest absolute Gasteiger partial charge is 0.357 e. The van der Waals surface area contributed by atoms with Gasteiger partial charge in [0.05, 0.1) is 60.8 Å². The number of benzene rings is 1. The van der Waals surface area contributed by atoms with E-state index in [0.717, 1.165) is 35.1 Å². The highest BCUT2D eigenvalue weighted by atomic mass is 36.0. The summed E-state index contributed by atoms with van der Waals surface area (Å²) in [6.07, 6.45) is 0. The number of halogens is 6. The van der Waals surface area contributed by atoms with Gasteiger partial charge in [0, 0.05) is 37.0 Å². The Kier molecular flexibility index (Phi) is 22.6. The van der Waals surface area contributed by atoms with E-state index < -0.39 is 63.2 Å². The minimum atomic E-state index is -3.22. The molecule has 39 heteroatoms. The summed E-state index contributed by atoms with van der Waals surface area (Å²) in [5, 5.41) is 10.7. The summed E-state index contributed by atoms with van der Waals surface area (Å²) in [6, 6.07) is 8.03. The quantitative estimate of drug-likeness (QED) is 0.0380. The predicted octanol–water partition coefficient (Wildman–Crippen LogP) is 4.97. The van der Waals surface area contributed by atoms with Crippen LogP contribution in [0.1, 0.15) is 95.5 Å². The lowest BCUT2D eigenvalue weighted by Gasteiger charge is -2.35. The van der Waals surface area contributed by atoms with Crippen LogP contribution >= 0.6 is 73.7 Å². The average Bonchev–Trinajstić information content (AvgIpc) is 2.30. The highest BCUT2D eigenvalue weighted by Crippen LogP contribution is 2.61. The summed E-state index contributed by atoms with van der Waals surface area (Å²) in [6.45, 7) is 10.8. The van der Waals surface area contributed by atoms with Gasteiger partial charge in [-0.25, -0.2) is 68.3 Å². The van der Waals surface area contributed by atoms with Crippen LogP contribution < -0.4 is 42.9 Å². The van der Waals surface area contributed by atoms with E-state index in [9.17, 15) is 52.5 Å². The molecule has 0 bridgehead atoms. The van der Waals surface area contributed by atoms with Gasteiger partial charge in [-0.3, -0.25) is 24.1 Å². The van der Waals surface area contributed by atoms with Crippen molar-refractivity contribution in [2.75, 3.05) is 61.2 Å². The summed E-state index contributed by atoms with van der Waals surface area (Å²) in [7, 11) is 0. The first-order valence-corrected chi connectivity index (χ1v) is 30.6. The molecular formula is C48H45Cl6N14O18P. The fourth-order valence-electron chi connectivity index (χ4n) is 8.21. The molecule has 5 aromatic heterocycles. The Bertz CT molecular complexity index is 3910. The van der Waals surface area contributed by atoms with Gasteiger partial charge in [0.1, 0.15) is 54.6 Å². The zero-order valence-electron chi connectivity index (χ0n) is 45.0. The first kappa shape index (κ1) is 66.5. The Hall–Kier alpha value is -8.07. The van der Waals surface area contributed by atoms with Gasteiger partial charge in [0.25, 0.3) is 11.1 Å². The number of morpholine rings is 2. The third-order valence-electron chi connectivity index (χ3n) is 12.1. The first-order valence-electron chi connectivity index (χ1n) is 25.0. The van der Waals surface area contributed by atoms with Crippen molar-refractivity contribution in [2.45, 2.75) is 59.3 Å². The lowest BCUT2D eigenvalue weighted by atomic mass is 10.1. The Morgan fingerprint density at radius 1 is 0.644 bits per heavy atom. The Morgan fingerprint density at radius 3 is 1.66 bits per heavy atom. The number of nitrogens with zero attached hydrogens (tertiary/aromatic N) is 8. The first-order chi connectivity index (χ1) is 41.2. The topological polar surface area (TPSA) is 434 Å². The molecule has 1 aromatic carbocycles. The number of carbonyl (C=O) groups excluding carboxylic acids is 5. The maximum atomic E-state index is 12.2. The fraction of sp³-hybridized carbons (Fsp3) is 0.333. The molecule has 2 atom stereocenters. The number of carboxylic acids is 1. The SMILES string of the molecule is CCNC(=O)Nc1ccc(-c2nc3c(c(N4CCOC[C@@H]4C)n2)COC3=O)cc1.C[C@H]1COCCN1c1nc(Cl)nc2c1COC2=O.O=C(O)c1cc(=O)[nH]c(=O)[nH]1.O=C1OCc2c(Cl)nc(Cl)nc21.O=C1OCc2c1[nH]c(=O)[nH]c2=O.O=P(Cl)(Cl)Cl. The Morgan fingerprint density at radius 2 is 1.13 bits per heavy atom. The number of fused-ring (bicyclic) bond motifs is 4. The molecule has 87 heavy (non-hydrogen) atoms. The zero-order chi connectivity index (χ0) is 63.4. The number of hydrogen-bond donors (Lipinski definition) is 7. The second kappa shape index (κ2) is 29.6. The van der Waals surface area contributed by atoms with Gasteiger partial charge in [-0.05, 0) is 102 Å². The number of aromatic amines is 4. The van der Waals surface area contributed by atoms with E-state index in [1.165, 1.54) is 0 Å². The fourth-order valence-corrected chi connectivity index (χ4v) is 8.81. The van der Waals surface area contributed by atoms with Gasteiger partial charge in [-0.2, -0.15) is 0 Å². The molecule has 6 aromatic rings. The summed E-state index contributed by atoms with van der Waals surface area (Å²) in [5.41, 5.74) is 1.02. The Labute approximate surface area is 516 Å². The molecule has 2 saturated heterocycles. The predicted molar refractivity (Wildman–Crippen MR) is 308 cm³/mol. The number of amides is 2. The summed E-state index contributed by atoms with van der Waals surface area (Å²) in [4.78, 5) is 147. The van der Waals surface area contributed by atoms with Crippen LogP contribution in [0, 0.1) is 0 Å². The number of nitrogens with one attached hydrogen (secondary N) is 6. The van der Waals surface area contributed by atoms with E-state index in [2.05, 4.69) is 100 Å². The second-order valence-electron chi connectivity index (χ2n) is 18.0. The number of rotatable bonds is 6. The largest absolute Gasteiger partial charge is 0.477 e. The minimum absolute atomic E-state index is 0.0382. The van der Waals surface area contributed by atoms with E-state index in [0.29, 0.717) is 68.1 Å². The van der Waals surface area contributed by atoms with Crippen LogP contribution in [0.2, 0.25) is 15.7 Å². The molecule has 462 valence electrons. The number of H-pyrrole nitrogens is 4. The number of urea groups is 1.